The number of nitrogens with one attached hydrogen (secondary N) is 2. The summed E-state index contributed by atoms with van der Waals surface area (Å²) in [5.74, 6) is -1.62. The highest BCUT2D eigenvalue weighted by Gasteiger charge is 2.54. The number of nitrogens with zero attached hydrogens (tertiary/aromatic N) is 6. The molecule has 6 rings (SSSR count). The number of carboxylic acids is 1. The van der Waals surface area contributed by atoms with Crippen LogP contribution in [0.2, 0.25) is 0 Å². The van der Waals surface area contributed by atoms with E-state index in [1.807, 2.05) is 23.1 Å². The highest BCUT2D eigenvalue weighted by atomic mass is 32.2. The maximum Gasteiger partial charge on any atom is 0.352 e. The Morgan fingerprint density at radius 1 is 1.22 bits per heavy atom. The molecule has 0 saturated carbocycles. The molecule has 0 spiro atoms. The number of thioether (sulfide) groups is 2. The summed E-state index contributed by atoms with van der Waals surface area (Å²) in [5, 5.41) is 19.4. The van der Waals surface area contributed by atoms with Gasteiger partial charge in [-0.1, -0.05) is 23.4 Å². The third kappa shape index (κ3) is 6.51. The lowest BCUT2D eigenvalue weighted by molar-refractivity contribution is -0.150. The summed E-state index contributed by atoms with van der Waals surface area (Å²) in [6.07, 6.45) is 0.648. The molecular formula is C28H33N9O6S3. The van der Waals surface area contributed by atoms with Crippen molar-refractivity contribution in [2.24, 2.45) is 5.16 Å². The number of carboxylic acid groups (broad SMARTS) is 1. The molecule has 5 heterocycles. The molecule has 4 aliphatic heterocycles. The summed E-state index contributed by atoms with van der Waals surface area (Å²) in [6, 6.07) is 8.95. The minimum Gasteiger partial charge on any atom is -0.477 e. The fraction of sp³-hybridized carbons (Fsp3) is 0.464. The molecule has 0 unspecified atom stereocenters. The molecule has 1 aromatic carbocycles. The first-order valence-electron chi connectivity index (χ1n) is 14.6. The summed E-state index contributed by atoms with van der Waals surface area (Å²) >= 11 is 3.85. The lowest BCUT2D eigenvalue weighted by Gasteiger charge is -2.49. The number of nitrogens with two attached hydrogens (primary N) is 1. The predicted molar refractivity (Wildman–Crippen MR) is 175 cm³/mol. The number of benzene rings is 1. The molecule has 4 aliphatic rings. The highest BCUT2D eigenvalue weighted by molar-refractivity contribution is 8.01. The molecule has 5 N–H and O–H groups in total. The van der Waals surface area contributed by atoms with Gasteiger partial charge in [0.1, 0.15) is 24.2 Å². The molecular weight excluding hydrogens is 655 g/mol. The van der Waals surface area contributed by atoms with Crippen LogP contribution >= 0.6 is 35.1 Å². The Labute approximate surface area is 277 Å². The van der Waals surface area contributed by atoms with Crippen LogP contribution in [0.1, 0.15) is 12.2 Å². The van der Waals surface area contributed by atoms with Crippen LogP contribution in [0.15, 0.2) is 46.8 Å². The average molecular weight is 688 g/mol. The number of hydrogen-bond acceptors (Lipinski definition) is 14. The lowest BCUT2D eigenvalue weighted by atomic mass is 10.0. The van der Waals surface area contributed by atoms with E-state index in [1.54, 1.807) is 11.8 Å². The van der Waals surface area contributed by atoms with E-state index in [9.17, 15) is 24.3 Å². The molecule has 244 valence electrons. The Hall–Kier alpha value is -3.87. The molecule has 4 atom stereocenters. The van der Waals surface area contributed by atoms with Crippen LogP contribution < -0.4 is 21.3 Å². The number of anilines is 2. The van der Waals surface area contributed by atoms with Crippen molar-refractivity contribution >= 4 is 75.3 Å². The third-order valence-electron chi connectivity index (χ3n) is 8.18. The zero-order valence-electron chi connectivity index (χ0n) is 24.8. The first kappa shape index (κ1) is 32.1. The Morgan fingerprint density at radius 2 is 1.98 bits per heavy atom. The minimum absolute atomic E-state index is 0.0387. The number of piperazine rings is 1. The summed E-state index contributed by atoms with van der Waals surface area (Å²) in [4.78, 5) is 65.9. The maximum absolute atomic E-state index is 13.3. The highest BCUT2D eigenvalue weighted by Crippen LogP contribution is 2.41. The number of hydrogen-bond donors (Lipinski definition) is 4. The maximum atomic E-state index is 13.3. The number of nitrogen functional groups attached to an aromatic ring is 1. The molecule has 2 aromatic rings. The zero-order chi connectivity index (χ0) is 32.4. The van der Waals surface area contributed by atoms with E-state index in [1.165, 1.54) is 23.8 Å². The Morgan fingerprint density at radius 3 is 2.65 bits per heavy atom. The number of amides is 3. The molecule has 3 fully saturated rings. The number of carbonyl (C=O) groups is 4. The van der Waals surface area contributed by atoms with Crippen LogP contribution in [0.25, 0.3) is 0 Å². The quantitative estimate of drug-likeness (QED) is 0.148. The van der Waals surface area contributed by atoms with Crippen molar-refractivity contribution in [2.75, 3.05) is 62.0 Å². The number of β-lactam (4-membered cyclic amide) rings is 1. The van der Waals surface area contributed by atoms with Gasteiger partial charge in [0.2, 0.25) is 17.4 Å². The summed E-state index contributed by atoms with van der Waals surface area (Å²) in [7, 11) is 1.26. The van der Waals surface area contributed by atoms with E-state index in [2.05, 4.69) is 42.2 Å². The molecule has 0 radical (unpaired) electrons. The van der Waals surface area contributed by atoms with E-state index in [0.717, 1.165) is 30.3 Å². The first-order chi connectivity index (χ1) is 22.2. The van der Waals surface area contributed by atoms with Gasteiger partial charge in [-0.15, -0.1) is 11.8 Å². The van der Waals surface area contributed by atoms with Gasteiger partial charge in [0.05, 0.1) is 6.04 Å². The van der Waals surface area contributed by atoms with Crippen LogP contribution in [-0.4, -0.2) is 128 Å². The van der Waals surface area contributed by atoms with Crippen molar-refractivity contribution < 1.29 is 29.1 Å². The standard InChI is InChI=1S/C28H33N9O6S3/c1-43-33-19(22-32-28(29)46-34-22)23(38)31-20-25(40)37-21(27(41)42)15(14-45-26(20)37)13-44-17-11-18(30-12-17)24(39)36-9-7-35(8-10-36)16-5-3-2-4-6-16/h2-6,17-18,20,26,30H,7-14H2,1H3,(H,31,38)(H,41,42)(H2,29,32,34)/b33-19-/t17-,18-,20+,26+/m0/s1. The van der Waals surface area contributed by atoms with Crippen LogP contribution in [-0.2, 0) is 24.0 Å². The van der Waals surface area contributed by atoms with Crippen LogP contribution in [0, 0.1) is 0 Å². The van der Waals surface area contributed by atoms with Gasteiger partial charge in [0, 0.05) is 66.7 Å². The topological polar surface area (TPSA) is 196 Å². The number of aliphatic carboxylic acids is 1. The number of para-hydroxylation sites is 1. The Balaban J connectivity index is 1.02. The van der Waals surface area contributed by atoms with Crippen molar-refractivity contribution in [3.8, 4) is 0 Å². The van der Waals surface area contributed by atoms with Crippen molar-refractivity contribution in [3.63, 3.8) is 0 Å². The summed E-state index contributed by atoms with van der Waals surface area (Å²) in [6.45, 7) is 3.53. The predicted octanol–water partition coefficient (Wildman–Crippen LogP) is 0.0219. The first-order valence-corrected chi connectivity index (χ1v) is 17.5. The number of rotatable bonds is 10. The van der Waals surface area contributed by atoms with Crippen LogP contribution in [0.4, 0.5) is 10.8 Å². The molecule has 3 saturated heterocycles. The fourth-order valence-corrected chi connectivity index (χ4v) is 9.02. The second kappa shape index (κ2) is 13.9. The lowest BCUT2D eigenvalue weighted by Crippen LogP contribution is -2.71. The fourth-order valence-electron chi connectivity index (χ4n) is 5.89. The van der Waals surface area contributed by atoms with Crippen molar-refractivity contribution in [2.45, 2.75) is 29.1 Å². The Kier molecular flexibility index (Phi) is 9.67. The van der Waals surface area contributed by atoms with Crippen molar-refractivity contribution in [1.82, 2.24) is 29.8 Å². The van der Waals surface area contributed by atoms with Gasteiger partial charge < -0.3 is 36.1 Å². The number of oxime groups is 1. The molecule has 46 heavy (non-hydrogen) atoms. The van der Waals surface area contributed by atoms with Gasteiger partial charge in [-0.2, -0.15) is 21.1 Å². The third-order valence-corrected chi connectivity index (χ3v) is 11.4. The molecule has 0 aliphatic carbocycles. The summed E-state index contributed by atoms with van der Waals surface area (Å²) in [5.41, 5.74) is 7.12. The van der Waals surface area contributed by atoms with E-state index in [4.69, 9.17) is 10.6 Å². The van der Waals surface area contributed by atoms with Gasteiger partial charge in [-0.25, -0.2) is 4.79 Å². The van der Waals surface area contributed by atoms with E-state index in [0.29, 0.717) is 43.1 Å². The monoisotopic (exact) mass is 687 g/mol. The largest absolute Gasteiger partial charge is 0.477 e. The van der Waals surface area contributed by atoms with Gasteiger partial charge in [-0.05, 0) is 24.1 Å². The minimum atomic E-state index is -1.20. The molecule has 1 aromatic heterocycles. The van der Waals surface area contributed by atoms with Gasteiger partial charge in [0.25, 0.3) is 11.8 Å². The molecule has 15 nitrogen and oxygen atoms in total. The smallest absolute Gasteiger partial charge is 0.352 e. The second-order valence-corrected chi connectivity index (χ2v) is 14.2. The van der Waals surface area contributed by atoms with E-state index >= 15 is 0 Å². The van der Waals surface area contributed by atoms with E-state index < -0.39 is 29.2 Å². The van der Waals surface area contributed by atoms with Gasteiger partial charge in [-0.3, -0.25) is 19.3 Å². The van der Waals surface area contributed by atoms with Crippen LogP contribution in [0.3, 0.4) is 0 Å². The molecule has 3 amide bonds. The van der Waals surface area contributed by atoms with Gasteiger partial charge >= 0.3 is 5.97 Å². The van der Waals surface area contributed by atoms with Crippen molar-refractivity contribution in [1.29, 1.82) is 0 Å². The number of carbonyl (C=O) groups excluding carboxylic acids is 3. The average Bonchev–Trinajstić information content (AvgIpc) is 3.73. The SMILES string of the molecule is CO/N=C(\C(=O)N[C@@H]1C(=O)N2C(C(=O)O)=C(CS[C@@H]3CN[C@H](C(=O)N4CCN(c5ccccc5)CC4)C3)CS[C@H]12)c1nsc(N)n1. The molecule has 0 bridgehead atoms. The zero-order valence-corrected chi connectivity index (χ0v) is 27.3. The van der Waals surface area contributed by atoms with Crippen molar-refractivity contribution in [3.05, 3.63) is 47.4 Å². The Bertz CT molecular complexity index is 1560. The van der Waals surface area contributed by atoms with E-state index in [-0.39, 0.29) is 39.6 Å². The number of fused-ring (bicyclic) bond motifs is 1. The number of aromatic nitrogens is 2. The normalized spacial score (nSPS) is 24.8. The second-order valence-electron chi connectivity index (χ2n) is 11.0. The molecule has 18 heteroatoms. The van der Waals surface area contributed by atoms with Gasteiger partial charge in [0.15, 0.2) is 5.13 Å². The van der Waals surface area contributed by atoms with Crippen LogP contribution in [0.5, 0.6) is 0 Å². The summed E-state index contributed by atoms with van der Waals surface area (Å²) < 4.78 is 3.98.